The lowest BCUT2D eigenvalue weighted by molar-refractivity contribution is -0.274. The van der Waals surface area contributed by atoms with E-state index in [9.17, 15) is 27.9 Å². The topological polar surface area (TPSA) is 71.8 Å². The molecular weight excluding hydrogens is 449 g/mol. The van der Waals surface area contributed by atoms with Gasteiger partial charge >= 0.3 is 12.3 Å². The zero-order chi connectivity index (χ0) is 24.9. The number of rotatable bonds is 7. The molecule has 9 heteroatoms. The summed E-state index contributed by atoms with van der Waals surface area (Å²) < 4.78 is 42.2. The maximum Gasteiger partial charge on any atom is 0.573 e. The number of carbonyl (C=O) groups is 2. The molecule has 0 spiro atoms. The Hall–Kier alpha value is -3.93. The lowest BCUT2D eigenvalue weighted by atomic mass is 10.1. The number of carboxylic acid groups (broad SMARTS) is 1. The van der Waals surface area contributed by atoms with Crippen LogP contribution in [0.15, 0.2) is 54.7 Å². The van der Waals surface area contributed by atoms with E-state index < -0.39 is 18.4 Å². The van der Waals surface area contributed by atoms with Gasteiger partial charge < -0.3 is 19.3 Å². The monoisotopic (exact) mass is 472 g/mol. The molecule has 1 N–H and O–H groups in total. The van der Waals surface area contributed by atoms with Crippen LogP contribution in [0.25, 0.3) is 10.9 Å². The van der Waals surface area contributed by atoms with Crippen LogP contribution in [-0.2, 0) is 16.0 Å². The second-order valence-corrected chi connectivity index (χ2v) is 7.68. The Kier molecular flexibility index (Phi) is 7.51. The van der Waals surface area contributed by atoms with Crippen molar-refractivity contribution < 1.29 is 32.6 Å². The lowest BCUT2D eigenvalue weighted by Gasteiger charge is -2.15. The Morgan fingerprint density at radius 1 is 1.15 bits per heavy atom. The van der Waals surface area contributed by atoms with Gasteiger partial charge in [-0.25, -0.2) is 4.79 Å². The number of hydrogen-bond donors (Lipinski definition) is 1. The normalized spacial score (nSPS) is 12.0. The van der Waals surface area contributed by atoms with E-state index in [1.54, 1.807) is 24.7 Å². The van der Waals surface area contributed by atoms with E-state index in [1.807, 2.05) is 24.3 Å². The minimum absolute atomic E-state index is 0.118. The van der Waals surface area contributed by atoms with Gasteiger partial charge in [-0.3, -0.25) is 4.79 Å². The first-order valence-corrected chi connectivity index (χ1v) is 10.5. The summed E-state index contributed by atoms with van der Waals surface area (Å²) in [5.74, 6) is 4.21. The summed E-state index contributed by atoms with van der Waals surface area (Å²) in [7, 11) is 1.61. The Balaban J connectivity index is 1.63. The molecular formula is C25H23F3N2O4. The summed E-state index contributed by atoms with van der Waals surface area (Å²) in [4.78, 5) is 25.6. The Morgan fingerprint density at radius 3 is 2.47 bits per heavy atom. The molecule has 34 heavy (non-hydrogen) atoms. The van der Waals surface area contributed by atoms with Crippen molar-refractivity contribution in [2.75, 3.05) is 13.6 Å². The maximum atomic E-state index is 12.6. The van der Waals surface area contributed by atoms with Gasteiger partial charge in [-0.1, -0.05) is 30.9 Å². The van der Waals surface area contributed by atoms with Gasteiger partial charge in [0.1, 0.15) is 11.8 Å². The van der Waals surface area contributed by atoms with Crippen molar-refractivity contribution in [2.24, 2.45) is 0 Å². The van der Waals surface area contributed by atoms with Crippen LogP contribution in [0.4, 0.5) is 13.2 Å². The molecule has 0 saturated carbocycles. The van der Waals surface area contributed by atoms with Crippen molar-refractivity contribution in [1.29, 1.82) is 0 Å². The van der Waals surface area contributed by atoms with Gasteiger partial charge in [-0.05, 0) is 53.8 Å². The van der Waals surface area contributed by atoms with Gasteiger partial charge in [0.15, 0.2) is 0 Å². The number of nitrogens with zero attached hydrogens (tertiary/aromatic N) is 2. The number of benzene rings is 2. The average molecular weight is 472 g/mol. The van der Waals surface area contributed by atoms with E-state index >= 15 is 0 Å². The number of hydrogen-bond acceptors (Lipinski definition) is 3. The van der Waals surface area contributed by atoms with Crippen LogP contribution in [0.2, 0.25) is 0 Å². The van der Waals surface area contributed by atoms with Crippen molar-refractivity contribution in [2.45, 2.75) is 32.2 Å². The molecule has 6 nitrogen and oxygen atoms in total. The van der Waals surface area contributed by atoms with Gasteiger partial charge in [0.25, 0.3) is 0 Å². The second-order valence-electron chi connectivity index (χ2n) is 7.68. The number of aromatic nitrogens is 1. The fourth-order valence-corrected chi connectivity index (χ4v) is 3.46. The highest BCUT2D eigenvalue weighted by molar-refractivity contribution is 5.85. The molecule has 1 atom stereocenters. The van der Waals surface area contributed by atoms with Crippen LogP contribution < -0.4 is 4.74 Å². The van der Waals surface area contributed by atoms with Crippen molar-refractivity contribution >= 4 is 22.8 Å². The fraction of sp³-hybridized carbons (Fsp3) is 0.280. The number of halogens is 3. The van der Waals surface area contributed by atoms with E-state index in [0.717, 1.165) is 16.5 Å². The molecule has 2 aromatic carbocycles. The van der Waals surface area contributed by atoms with Crippen molar-refractivity contribution in [1.82, 2.24) is 9.47 Å². The van der Waals surface area contributed by atoms with Crippen LogP contribution >= 0.6 is 0 Å². The zero-order valence-electron chi connectivity index (χ0n) is 18.6. The first-order chi connectivity index (χ1) is 16.1. The van der Waals surface area contributed by atoms with Crippen molar-refractivity contribution in [3.8, 4) is 17.6 Å². The van der Waals surface area contributed by atoms with E-state index in [-0.39, 0.29) is 24.6 Å². The standard InChI is InChI=1S/C25H23F3N2O4/c1-3-21(24(32)33)30-14-12-19-9-6-18(15-22(19)30)16-23(31)29(2)13-4-5-17-7-10-20(11-8-17)34-25(26,27)28/h6-12,14-15,21H,3,13,16H2,1-2H3,(H,32,33). The minimum Gasteiger partial charge on any atom is -0.480 e. The van der Waals surface area contributed by atoms with E-state index in [0.29, 0.717) is 12.0 Å². The summed E-state index contributed by atoms with van der Waals surface area (Å²) in [6, 6.07) is 11.8. The number of alkyl halides is 3. The second kappa shape index (κ2) is 10.3. The van der Waals surface area contributed by atoms with Crippen LogP contribution in [0.1, 0.15) is 30.5 Å². The van der Waals surface area contributed by atoms with E-state index in [2.05, 4.69) is 16.6 Å². The molecule has 1 unspecified atom stereocenters. The SMILES string of the molecule is CCC(C(=O)O)n1ccc2ccc(CC(=O)N(C)CC#Cc3ccc(OC(F)(F)F)cc3)cc21. The summed E-state index contributed by atoms with van der Waals surface area (Å²) in [5, 5.41) is 10.4. The molecule has 0 bridgehead atoms. The number of ether oxygens (including phenoxy) is 1. The first-order valence-electron chi connectivity index (χ1n) is 10.5. The quantitative estimate of drug-likeness (QED) is 0.509. The molecule has 3 rings (SSSR count). The van der Waals surface area contributed by atoms with Gasteiger partial charge in [0.05, 0.1) is 13.0 Å². The Morgan fingerprint density at radius 2 is 1.85 bits per heavy atom. The number of fused-ring (bicyclic) bond motifs is 1. The lowest BCUT2D eigenvalue weighted by Crippen LogP contribution is -2.28. The smallest absolute Gasteiger partial charge is 0.480 e. The molecule has 0 saturated heterocycles. The molecule has 1 aromatic heterocycles. The van der Waals surface area contributed by atoms with Crippen LogP contribution in [0.5, 0.6) is 5.75 Å². The number of likely N-dealkylation sites (N-methyl/N-ethyl adjacent to an activating group) is 1. The Labute approximate surface area is 194 Å². The highest BCUT2D eigenvalue weighted by Gasteiger charge is 2.30. The number of amides is 1. The first kappa shape index (κ1) is 24.7. The van der Waals surface area contributed by atoms with Crippen LogP contribution in [0, 0.1) is 11.8 Å². The van der Waals surface area contributed by atoms with Gasteiger partial charge in [0, 0.05) is 24.3 Å². The largest absolute Gasteiger partial charge is 0.573 e. The van der Waals surface area contributed by atoms with Crippen molar-refractivity contribution in [3.63, 3.8) is 0 Å². The van der Waals surface area contributed by atoms with E-state index in [1.165, 1.54) is 29.2 Å². The summed E-state index contributed by atoms with van der Waals surface area (Å²) in [5.41, 5.74) is 1.99. The molecule has 0 aliphatic heterocycles. The molecule has 178 valence electrons. The predicted molar refractivity (Wildman–Crippen MR) is 120 cm³/mol. The highest BCUT2D eigenvalue weighted by atomic mass is 19.4. The van der Waals surface area contributed by atoms with Crippen molar-refractivity contribution in [3.05, 3.63) is 65.9 Å². The summed E-state index contributed by atoms with van der Waals surface area (Å²) in [6.07, 6.45) is -2.46. The molecule has 0 aliphatic carbocycles. The summed E-state index contributed by atoms with van der Waals surface area (Å²) in [6.45, 7) is 1.94. The molecule has 0 aliphatic rings. The number of carbonyl (C=O) groups excluding carboxylic acids is 1. The summed E-state index contributed by atoms with van der Waals surface area (Å²) >= 11 is 0. The third-order valence-electron chi connectivity index (χ3n) is 5.21. The fourth-order valence-electron chi connectivity index (χ4n) is 3.46. The number of carboxylic acids is 1. The molecule has 0 fully saturated rings. The Bertz CT molecular complexity index is 1240. The van der Waals surface area contributed by atoms with Gasteiger partial charge in [-0.15, -0.1) is 13.2 Å². The predicted octanol–water partition coefficient (Wildman–Crippen LogP) is 4.63. The third kappa shape index (κ3) is 6.32. The molecule has 1 heterocycles. The highest BCUT2D eigenvalue weighted by Crippen LogP contribution is 2.24. The minimum atomic E-state index is -4.75. The molecule has 0 radical (unpaired) electrons. The third-order valence-corrected chi connectivity index (χ3v) is 5.21. The van der Waals surface area contributed by atoms with Crippen LogP contribution in [-0.4, -0.2) is 46.4 Å². The number of aliphatic carboxylic acids is 1. The van der Waals surface area contributed by atoms with Gasteiger partial charge in [0.2, 0.25) is 5.91 Å². The van der Waals surface area contributed by atoms with E-state index in [4.69, 9.17) is 0 Å². The molecule has 1 amide bonds. The maximum absolute atomic E-state index is 12.6. The zero-order valence-corrected chi connectivity index (χ0v) is 18.6. The van der Waals surface area contributed by atoms with Crippen LogP contribution in [0.3, 0.4) is 0 Å². The average Bonchev–Trinajstić information content (AvgIpc) is 3.17. The molecule has 3 aromatic rings. The van der Waals surface area contributed by atoms with Gasteiger partial charge in [-0.2, -0.15) is 0 Å².